The molecule has 20 heavy (non-hydrogen) atoms. The maximum Gasteiger partial charge on any atom is 0.128 e. The van der Waals surface area contributed by atoms with Crippen molar-refractivity contribution in [2.45, 2.75) is 13.2 Å². The van der Waals surface area contributed by atoms with E-state index in [4.69, 9.17) is 4.74 Å². The molecule has 0 unspecified atom stereocenters. The summed E-state index contributed by atoms with van der Waals surface area (Å²) in [5, 5.41) is 3.31. The average Bonchev–Trinajstić information content (AvgIpc) is 3.03. The van der Waals surface area contributed by atoms with Crippen LogP contribution in [0.5, 0.6) is 0 Å². The molecule has 0 fully saturated rings. The first-order chi connectivity index (χ1) is 9.93. The molecule has 0 saturated heterocycles. The van der Waals surface area contributed by atoms with Crippen molar-refractivity contribution in [3.63, 3.8) is 0 Å². The topological polar surface area (TPSA) is 46.5 Å². The molecule has 1 aliphatic heterocycles. The van der Waals surface area contributed by atoms with Crippen molar-refractivity contribution >= 4 is 5.84 Å². The van der Waals surface area contributed by atoms with E-state index < -0.39 is 0 Å². The Labute approximate surface area is 118 Å². The van der Waals surface area contributed by atoms with Crippen LogP contribution in [0.25, 0.3) is 0 Å². The number of pyridine rings is 1. The summed E-state index contributed by atoms with van der Waals surface area (Å²) in [6.07, 6.45) is 3.59. The number of benzene rings is 1. The molecule has 3 rings (SSSR count). The van der Waals surface area contributed by atoms with Gasteiger partial charge in [0.25, 0.3) is 0 Å². The van der Waals surface area contributed by atoms with Crippen molar-refractivity contribution in [3.8, 4) is 0 Å². The summed E-state index contributed by atoms with van der Waals surface area (Å²) < 4.78 is 5.78. The molecule has 0 saturated carbocycles. The monoisotopic (exact) mass is 267 g/mol. The Morgan fingerprint density at radius 1 is 1.10 bits per heavy atom. The third-order valence-electron chi connectivity index (χ3n) is 3.20. The van der Waals surface area contributed by atoms with Crippen molar-refractivity contribution in [3.05, 3.63) is 65.5 Å². The number of nitrogens with one attached hydrogen (secondary N) is 1. The van der Waals surface area contributed by atoms with Crippen molar-refractivity contribution < 1.29 is 4.74 Å². The van der Waals surface area contributed by atoms with Crippen LogP contribution >= 0.6 is 0 Å². The Morgan fingerprint density at radius 2 is 2.05 bits per heavy atom. The zero-order valence-electron chi connectivity index (χ0n) is 11.2. The van der Waals surface area contributed by atoms with E-state index in [-0.39, 0.29) is 0 Å². The fourth-order valence-corrected chi connectivity index (χ4v) is 2.22. The molecular formula is C16H17N3O. The second-order valence-corrected chi connectivity index (χ2v) is 4.67. The van der Waals surface area contributed by atoms with E-state index in [2.05, 4.69) is 27.4 Å². The molecule has 0 bridgehead atoms. The molecule has 0 aliphatic carbocycles. The van der Waals surface area contributed by atoms with E-state index in [1.165, 1.54) is 0 Å². The summed E-state index contributed by atoms with van der Waals surface area (Å²) in [7, 11) is 0. The van der Waals surface area contributed by atoms with Gasteiger partial charge < -0.3 is 10.1 Å². The smallest absolute Gasteiger partial charge is 0.128 e. The third-order valence-corrected chi connectivity index (χ3v) is 3.20. The zero-order valence-corrected chi connectivity index (χ0v) is 11.2. The highest BCUT2D eigenvalue weighted by Gasteiger charge is 2.11. The number of ether oxygens (including phenoxy) is 1. The number of hydrogen-bond acceptors (Lipinski definition) is 4. The Balaban J connectivity index is 1.65. The molecule has 2 aromatic rings. The van der Waals surface area contributed by atoms with Crippen LogP contribution in [-0.2, 0) is 18.0 Å². The number of amidine groups is 1. The largest absolute Gasteiger partial charge is 0.372 e. The Morgan fingerprint density at radius 3 is 2.85 bits per heavy atom. The first-order valence-electron chi connectivity index (χ1n) is 6.77. The van der Waals surface area contributed by atoms with Gasteiger partial charge in [0.05, 0.1) is 19.8 Å². The number of aliphatic imine (C=N–C) groups is 1. The lowest BCUT2D eigenvalue weighted by molar-refractivity contribution is 0.107. The predicted molar refractivity (Wildman–Crippen MR) is 78.6 cm³/mol. The summed E-state index contributed by atoms with van der Waals surface area (Å²) in [5.41, 5.74) is 3.38. The standard InChI is InChI=1S/C16H17N3O/c1-2-6-15(16-18-8-9-19-16)14(5-1)12-20-11-13-4-3-7-17-10-13/h1-7,10H,8-9,11-12H2,(H,18,19). The second-order valence-electron chi connectivity index (χ2n) is 4.67. The SMILES string of the molecule is c1cncc(COCc2ccccc2C2=NCCN2)c1. The molecule has 1 N–H and O–H groups in total. The molecule has 4 heteroatoms. The number of aromatic nitrogens is 1. The molecule has 1 aliphatic rings. The van der Waals surface area contributed by atoms with Crippen molar-refractivity contribution in [1.82, 2.24) is 10.3 Å². The van der Waals surface area contributed by atoms with Gasteiger partial charge in [-0.05, 0) is 17.2 Å². The van der Waals surface area contributed by atoms with Crippen LogP contribution in [0.4, 0.5) is 0 Å². The fraction of sp³-hybridized carbons (Fsp3) is 0.250. The normalized spacial score (nSPS) is 13.9. The lowest BCUT2D eigenvalue weighted by Crippen LogP contribution is -2.21. The highest BCUT2D eigenvalue weighted by Crippen LogP contribution is 2.13. The predicted octanol–water partition coefficient (Wildman–Crippen LogP) is 2.15. The van der Waals surface area contributed by atoms with Gasteiger partial charge in [-0.25, -0.2) is 0 Å². The van der Waals surface area contributed by atoms with Gasteiger partial charge >= 0.3 is 0 Å². The Hall–Kier alpha value is -2.20. The van der Waals surface area contributed by atoms with E-state index in [1.54, 1.807) is 6.20 Å². The minimum atomic E-state index is 0.572. The van der Waals surface area contributed by atoms with Gasteiger partial charge in [-0.15, -0.1) is 0 Å². The van der Waals surface area contributed by atoms with Gasteiger partial charge in [0.15, 0.2) is 0 Å². The Bertz CT molecular complexity index is 596. The van der Waals surface area contributed by atoms with E-state index in [0.717, 1.165) is 35.6 Å². The van der Waals surface area contributed by atoms with Gasteiger partial charge in [0.2, 0.25) is 0 Å². The maximum absolute atomic E-state index is 5.78. The molecule has 102 valence electrons. The average molecular weight is 267 g/mol. The molecule has 0 radical (unpaired) electrons. The molecule has 1 aromatic heterocycles. The minimum Gasteiger partial charge on any atom is -0.372 e. The van der Waals surface area contributed by atoms with Crippen molar-refractivity contribution in [1.29, 1.82) is 0 Å². The van der Waals surface area contributed by atoms with Crippen LogP contribution in [0.15, 0.2) is 53.8 Å². The molecule has 0 spiro atoms. The van der Waals surface area contributed by atoms with Crippen LogP contribution in [0.1, 0.15) is 16.7 Å². The summed E-state index contributed by atoms with van der Waals surface area (Å²) in [4.78, 5) is 8.55. The van der Waals surface area contributed by atoms with Gasteiger partial charge in [0, 0.05) is 24.5 Å². The van der Waals surface area contributed by atoms with E-state index in [1.807, 2.05) is 30.5 Å². The molecule has 0 amide bonds. The number of hydrogen-bond donors (Lipinski definition) is 1. The summed E-state index contributed by atoms with van der Waals surface area (Å²) >= 11 is 0. The van der Waals surface area contributed by atoms with Gasteiger partial charge in [-0.3, -0.25) is 9.98 Å². The molecule has 1 aromatic carbocycles. The molecule has 2 heterocycles. The lowest BCUT2D eigenvalue weighted by Gasteiger charge is -2.10. The minimum absolute atomic E-state index is 0.572. The third kappa shape index (κ3) is 3.03. The van der Waals surface area contributed by atoms with Crippen LogP contribution in [0, 0.1) is 0 Å². The van der Waals surface area contributed by atoms with E-state index in [0.29, 0.717) is 13.2 Å². The van der Waals surface area contributed by atoms with E-state index >= 15 is 0 Å². The zero-order chi connectivity index (χ0) is 13.6. The summed E-state index contributed by atoms with van der Waals surface area (Å²) in [6, 6.07) is 12.2. The van der Waals surface area contributed by atoms with Crippen LogP contribution in [0.2, 0.25) is 0 Å². The quantitative estimate of drug-likeness (QED) is 0.903. The van der Waals surface area contributed by atoms with Crippen LogP contribution < -0.4 is 5.32 Å². The van der Waals surface area contributed by atoms with E-state index in [9.17, 15) is 0 Å². The Kier molecular flexibility index (Phi) is 4.04. The van der Waals surface area contributed by atoms with Crippen LogP contribution in [0.3, 0.4) is 0 Å². The lowest BCUT2D eigenvalue weighted by atomic mass is 10.1. The fourth-order valence-electron chi connectivity index (χ4n) is 2.22. The van der Waals surface area contributed by atoms with Gasteiger partial charge in [0.1, 0.15) is 5.84 Å². The summed E-state index contributed by atoms with van der Waals surface area (Å²) in [6.45, 7) is 2.91. The number of nitrogens with zero attached hydrogens (tertiary/aromatic N) is 2. The first kappa shape index (κ1) is 12.8. The molecule has 0 atom stereocenters. The first-order valence-corrected chi connectivity index (χ1v) is 6.77. The van der Waals surface area contributed by atoms with Gasteiger partial charge in [-0.1, -0.05) is 30.3 Å². The molecule has 4 nitrogen and oxygen atoms in total. The maximum atomic E-state index is 5.78. The summed E-state index contributed by atoms with van der Waals surface area (Å²) in [5.74, 6) is 0.977. The van der Waals surface area contributed by atoms with Gasteiger partial charge in [-0.2, -0.15) is 0 Å². The molecular weight excluding hydrogens is 250 g/mol. The van der Waals surface area contributed by atoms with Crippen molar-refractivity contribution in [2.24, 2.45) is 4.99 Å². The van der Waals surface area contributed by atoms with Crippen LogP contribution in [-0.4, -0.2) is 23.9 Å². The number of rotatable bonds is 5. The highest BCUT2D eigenvalue weighted by atomic mass is 16.5. The highest BCUT2D eigenvalue weighted by molar-refractivity contribution is 6.00. The van der Waals surface area contributed by atoms with Crippen molar-refractivity contribution in [2.75, 3.05) is 13.1 Å². The second kappa shape index (κ2) is 6.30.